The van der Waals surface area contributed by atoms with Crippen molar-refractivity contribution in [3.05, 3.63) is 53.4 Å². The lowest BCUT2D eigenvalue weighted by Crippen LogP contribution is -2.22. The average Bonchev–Trinajstić information content (AvgIpc) is 3.17. The predicted octanol–water partition coefficient (Wildman–Crippen LogP) is 2.58. The fraction of sp³-hybridized carbons (Fsp3) is 0.200. The van der Waals surface area contributed by atoms with Crippen molar-refractivity contribution in [3.8, 4) is 22.9 Å². The summed E-state index contributed by atoms with van der Waals surface area (Å²) in [7, 11) is 2.94. The Bertz CT molecular complexity index is 1080. The first-order valence-corrected chi connectivity index (χ1v) is 8.84. The molecule has 0 aliphatic rings. The lowest BCUT2D eigenvalue weighted by Gasteiger charge is -2.20. The Balaban J connectivity index is 2.10. The average molecular weight is 411 g/mol. The Kier molecular flexibility index (Phi) is 5.86. The minimum atomic E-state index is -1.17. The maximum absolute atomic E-state index is 12.2. The Labute approximate surface area is 172 Å². The second-order valence-electron chi connectivity index (χ2n) is 6.34. The zero-order chi connectivity index (χ0) is 21.8. The Morgan fingerprint density at radius 2 is 1.83 bits per heavy atom. The number of rotatable bonds is 8. The molecule has 3 aromatic rings. The maximum atomic E-state index is 12.2. The highest BCUT2D eigenvalue weighted by atomic mass is 16.5. The van der Waals surface area contributed by atoms with Crippen LogP contribution in [0.15, 0.2) is 40.9 Å². The molecule has 3 rings (SSSR count). The third-order valence-electron chi connectivity index (χ3n) is 4.39. The van der Waals surface area contributed by atoms with Gasteiger partial charge in [0.15, 0.2) is 17.5 Å². The van der Waals surface area contributed by atoms with Gasteiger partial charge in [0.1, 0.15) is 5.84 Å². The van der Waals surface area contributed by atoms with Crippen molar-refractivity contribution in [3.63, 3.8) is 0 Å². The van der Waals surface area contributed by atoms with Crippen molar-refractivity contribution in [2.24, 2.45) is 5.73 Å². The summed E-state index contributed by atoms with van der Waals surface area (Å²) in [6.45, 7) is 1.64. The van der Waals surface area contributed by atoms with Crippen LogP contribution in [0.1, 0.15) is 23.1 Å². The van der Waals surface area contributed by atoms with Crippen LogP contribution < -0.4 is 20.5 Å². The van der Waals surface area contributed by atoms with E-state index >= 15 is 0 Å². The number of aromatic nitrogens is 2. The van der Waals surface area contributed by atoms with Crippen molar-refractivity contribution in [1.82, 2.24) is 10.1 Å². The van der Waals surface area contributed by atoms with Crippen LogP contribution in [0.2, 0.25) is 0 Å². The van der Waals surface area contributed by atoms with E-state index in [0.29, 0.717) is 39.8 Å². The molecule has 0 amide bonds. The number of aryl methyl sites for hydroxylation is 1. The molecule has 0 saturated carbocycles. The van der Waals surface area contributed by atoms with E-state index in [1.165, 1.54) is 14.2 Å². The topological polar surface area (TPSA) is 157 Å². The molecule has 0 bridgehead atoms. The molecule has 0 fully saturated rings. The highest BCUT2D eigenvalue weighted by Gasteiger charge is 2.27. The zero-order valence-corrected chi connectivity index (χ0v) is 16.6. The number of nitrogen functional groups attached to an aromatic ring is 1. The summed E-state index contributed by atoms with van der Waals surface area (Å²) in [5.41, 5.74) is 7.30. The van der Waals surface area contributed by atoms with Gasteiger partial charge in [-0.1, -0.05) is 5.16 Å². The van der Waals surface area contributed by atoms with Gasteiger partial charge in [-0.3, -0.25) is 5.41 Å². The summed E-state index contributed by atoms with van der Waals surface area (Å²) >= 11 is 0. The SMILES string of the molecule is COc1cc(-c2noc(C)n2)c(C(Nc2ccc(C(=N)N)cc2)C(=O)O)cc1OC. The number of nitrogens with two attached hydrogens (primary N) is 1. The molecule has 0 aliphatic heterocycles. The maximum Gasteiger partial charge on any atom is 0.330 e. The third kappa shape index (κ3) is 4.17. The van der Waals surface area contributed by atoms with Crippen molar-refractivity contribution in [2.75, 3.05) is 19.5 Å². The zero-order valence-electron chi connectivity index (χ0n) is 16.6. The smallest absolute Gasteiger partial charge is 0.330 e. The van der Waals surface area contributed by atoms with Crippen LogP contribution in [-0.2, 0) is 4.79 Å². The van der Waals surface area contributed by atoms with Crippen LogP contribution in [0.3, 0.4) is 0 Å². The van der Waals surface area contributed by atoms with Gasteiger partial charge in [0, 0.05) is 29.3 Å². The summed E-state index contributed by atoms with van der Waals surface area (Å²) in [4.78, 5) is 16.4. The normalized spacial score (nSPS) is 11.6. The molecule has 1 aromatic heterocycles. The van der Waals surface area contributed by atoms with E-state index in [9.17, 15) is 9.90 Å². The second kappa shape index (κ2) is 8.52. The molecule has 156 valence electrons. The number of anilines is 1. The first kappa shape index (κ1) is 20.6. The lowest BCUT2D eigenvalue weighted by molar-refractivity contribution is -0.138. The van der Waals surface area contributed by atoms with Gasteiger partial charge in [0.2, 0.25) is 11.7 Å². The van der Waals surface area contributed by atoms with Gasteiger partial charge in [-0.2, -0.15) is 4.98 Å². The first-order valence-electron chi connectivity index (χ1n) is 8.84. The van der Waals surface area contributed by atoms with Crippen LogP contribution in [-0.4, -0.2) is 41.3 Å². The molecule has 2 aromatic carbocycles. The summed E-state index contributed by atoms with van der Waals surface area (Å²) in [6, 6.07) is 8.55. The number of methoxy groups -OCH3 is 2. The second-order valence-corrected chi connectivity index (χ2v) is 6.34. The molecule has 10 heteroatoms. The fourth-order valence-corrected chi connectivity index (χ4v) is 2.92. The number of amidine groups is 1. The van der Waals surface area contributed by atoms with E-state index in [1.807, 2.05) is 0 Å². The monoisotopic (exact) mass is 411 g/mol. The molecule has 10 nitrogen and oxygen atoms in total. The van der Waals surface area contributed by atoms with Gasteiger partial charge in [0.05, 0.1) is 14.2 Å². The highest BCUT2D eigenvalue weighted by Crippen LogP contribution is 2.38. The van der Waals surface area contributed by atoms with E-state index in [4.69, 9.17) is 25.1 Å². The number of benzene rings is 2. The highest BCUT2D eigenvalue weighted by molar-refractivity contribution is 5.95. The molecular weight excluding hydrogens is 390 g/mol. The standard InChI is InChI=1S/C20H21N5O5/c1-10-23-19(25-30-10)14-9-16(29-3)15(28-2)8-13(14)17(20(26)27)24-12-6-4-11(5-7-12)18(21)22/h4-9,17,24H,1-3H3,(H3,21,22)(H,26,27). The van der Waals surface area contributed by atoms with E-state index in [2.05, 4.69) is 15.5 Å². The van der Waals surface area contributed by atoms with Crippen molar-refractivity contribution >= 4 is 17.5 Å². The summed E-state index contributed by atoms with van der Waals surface area (Å²) in [6.07, 6.45) is 0. The first-order chi connectivity index (χ1) is 14.3. The quantitative estimate of drug-likeness (QED) is 0.323. The largest absolute Gasteiger partial charge is 0.493 e. The number of carbonyl (C=O) groups is 1. The number of nitrogens with zero attached hydrogens (tertiary/aromatic N) is 2. The van der Waals surface area contributed by atoms with Gasteiger partial charge < -0.3 is 30.2 Å². The minimum absolute atomic E-state index is 0.0778. The molecular formula is C20H21N5O5. The van der Waals surface area contributed by atoms with Crippen LogP contribution in [0, 0.1) is 12.3 Å². The summed E-state index contributed by atoms with van der Waals surface area (Å²) < 4.78 is 15.8. The molecule has 1 heterocycles. The fourth-order valence-electron chi connectivity index (χ4n) is 2.92. The predicted molar refractivity (Wildman–Crippen MR) is 109 cm³/mol. The van der Waals surface area contributed by atoms with Crippen molar-refractivity contribution in [1.29, 1.82) is 5.41 Å². The molecule has 0 aliphatic carbocycles. The van der Waals surface area contributed by atoms with E-state index in [0.717, 1.165) is 0 Å². The molecule has 1 unspecified atom stereocenters. The van der Waals surface area contributed by atoms with Gasteiger partial charge >= 0.3 is 5.97 Å². The van der Waals surface area contributed by atoms with Crippen LogP contribution in [0.4, 0.5) is 5.69 Å². The molecule has 0 saturated heterocycles. The summed E-state index contributed by atoms with van der Waals surface area (Å²) in [5, 5.41) is 24.3. The van der Waals surface area contributed by atoms with E-state index < -0.39 is 12.0 Å². The third-order valence-corrected chi connectivity index (χ3v) is 4.39. The van der Waals surface area contributed by atoms with Crippen LogP contribution >= 0.6 is 0 Å². The molecule has 0 radical (unpaired) electrons. The number of carboxylic acid groups (broad SMARTS) is 1. The number of ether oxygens (including phenoxy) is 2. The van der Waals surface area contributed by atoms with Crippen molar-refractivity contribution in [2.45, 2.75) is 13.0 Å². The number of hydrogen-bond donors (Lipinski definition) is 4. The number of aliphatic carboxylic acids is 1. The van der Waals surface area contributed by atoms with E-state index in [-0.39, 0.29) is 11.7 Å². The van der Waals surface area contributed by atoms with Crippen LogP contribution in [0.25, 0.3) is 11.4 Å². The minimum Gasteiger partial charge on any atom is -0.493 e. The number of carboxylic acids is 1. The Hall–Kier alpha value is -4.08. The molecule has 0 spiro atoms. The number of hydrogen-bond acceptors (Lipinski definition) is 8. The lowest BCUT2D eigenvalue weighted by atomic mass is 9.98. The molecule has 5 N–H and O–H groups in total. The summed E-state index contributed by atoms with van der Waals surface area (Å²) in [5.74, 6) is 0.115. The Morgan fingerprint density at radius 3 is 2.33 bits per heavy atom. The Morgan fingerprint density at radius 1 is 1.20 bits per heavy atom. The van der Waals surface area contributed by atoms with Gasteiger partial charge in [-0.25, -0.2) is 4.79 Å². The number of nitrogens with one attached hydrogen (secondary N) is 2. The van der Waals surface area contributed by atoms with Gasteiger partial charge in [0.25, 0.3) is 0 Å². The molecule has 1 atom stereocenters. The van der Waals surface area contributed by atoms with Gasteiger partial charge in [-0.15, -0.1) is 0 Å². The van der Waals surface area contributed by atoms with E-state index in [1.54, 1.807) is 43.3 Å². The molecule has 30 heavy (non-hydrogen) atoms. The van der Waals surface area contributed by atoms with Crippen LogP contribution in [0.5, 0.6) is 11.5 Å². The van der Waals surface area contributed by atoms with Crippen molar-refractivity contribution < 1.29 is 23.9 Å². The van der Waals surface area contributed by atoms with Gasteiger partial charge in [-0.05, 0) is 36.4 Å².